The molecular weight excluding hydrogens is 494 g/mol. The van der Waals surface area contributed by atoms with Gasteiger partial charge in [-0.2, -0.15) is 0 Å². The third-order valence-corrected chi connectivity index (χ3v) is 6.54. The van der Waals surface area contributed by atoms with E-state index >= 15 is 0 Å². The Hall–Kier alpha value is -4.40. The van der Waals surface area contributed by atoms with Crippen LogP contribution in [0.3, 0.4) is 0 Å². The predicted octanol–water partition coefficient (Wildman–Crippen LogP) is 4.69. The van der Waals surface area contributed by atoms with Gasteiger partial charge in [-0.1, -0.05) is 61.0 Å². The van der Waals surface area contributed by atoms with Crippen molar-refractivity contribution in [1.82, 2.24) is 20.3 Å². The van der Waals surface area contributed by atoms with Crippen molar-refractivity contribution in [2.75, 3.05) is 25.7 Å². The van der Waals surface area contributed by atoms with E-state index in [0.717, 1.165) is 17.5 Å². The Bertz CT molecular complexity index is 1430. The summed E-state index contributed by atoms with van der Waals surface area (Å²) in [5.41, 5.74) is 3.53. The summed E-state index contributed by atoms with van der Waals surface area (Å²) in [7, 11) is 3.08. The van der Waals surface area contributed by atoms with Gasteiger partial charge in [-0.25, -0.2) is 4.68 Å². The molecule has 0 radical (unpaired) electrons. The maximum absolute atomic E-state index is 14.3. The number of hydrogen-bond donors (Lipinski definition) is 1. The van der Waals surface area contributed by atoms with E-state index in [1.54, 1.807) is 30.0 Å². The van der Waals surface area contributed by atoms with Crippen molar-refractivity contribution in [2.24, 2.45) is 5.92 Å². The van der Waals surface area contributed by atoms with Crippen LogP contribution < -0.4 is 19.7 Å². The molecule has 0 fully saturated rings. The molecule has 1 atom stereocenters. The summed E-state index contributed by atoms with van der Waals surface area (Å²) in [6.07, 6.45) is 0.813. The molecule has 1 aromatic heterocycles. The second-order valence-corrected chi connectivity index (χ2v) is 9.82. The van der Waals surface area contributed by atoms with E-state index in [4.69, 9.17) is 9.47 Å². The lowest BCUT2D eigenvalue weighted by Crippen LogP contribution is -2.45. The van der Waals surface area contributed by atoms with Crippen molar-refractivity contribution in [3.8, 4) is 11.5 Å². The molecule has 4 rings (SSSR count). The smallest absolute Gasteiger partial charge is 0.249 e. The molecule has 39 heavy (non-hydrogen) atoms. The molecule has 0 aliphatic rings. The number of anilines is 1. The molecule has 0 bridgehead atoms. The molecule has 204 valence electrons. The Morgan fingerprint density at radius 3 is 2.44 bits per heavy atom. The second kappa shape index (κ2) is 12.4. The summed E-state index contributed by atoms with van der Waals surface area (Å²) < 4.78 is 12.7. The van der Waals surface area contributed by atoms with E-state index < -0.39 is 6.04 Å². The van der Waals surface area contributed by atoms with Gasteiger partial charge in [0.2, 0.25) is 11.8 Å². The van der Waals surface area contributed by atoms with Crippen LogP contribution in [0.1, 0.15) is 37.4 Å². The zero-order valence-corrected chi connectivity index (χ0v) is 23.0. The number of hydrogen-bond acceptors (Lipinski definition) is 6. The first-order chi connectivity index (χ1) is 18.8. The molecule has 0 aliphatic carbocycles. The number of fused-ring (bicyclic) bond motifs is 1. The van der Waals surface area contributed by atoms with Gasteiger partial charge in [-0.3, -0.25) is 14.5 Å². The van der Waals surface area contributed by atoms with Gasteiger partial charge in [0.25, 0.3) is 0 Å². The highest BCUT2D eigenvalue weighted by Gasteiger charge is 2.35. The van der Waals surface area contributed by atoms with Crippen LogP contribution in [0.5, 0.6) is 11.5 Å². The van der Waals surface area contributed by atoms with Crippen LogP contribution in [0.25, 0.3) is 11.0 Å². The third-order valence-electron chi connectivity index (χ3n) is 6.54. The van der Waals surface area contributed by atoms with Crippen molar-refractivity contribution >= 4 is 28.5 Å². The first kappa shape index (κ1) is 27.6. The highest BCUT2D eigenvalue weighted by Crippen LogP contribution is 2.38. The SMILES string of the molecule is COc1ccc(OC)c(N(C(=O)Cn2nnc3ccccc32)[C@@H](C(=O)NCCC(C)C)c2ccc(C)cc2)c1. The quantitative estimate of drug-likeness (QED) is 0.303. The Balaban J connectivity index is 1.84. The number of methoxy groups -OCH3 is 2. The van der Waals surface area contributed by atoms with Gasteiger partial charge in [0, 0.05) is 12.6 Å². The van der Waals surface area contributed by atoms with Crippen LogP contribution in [0.4, 0.5) is 5.69 Å². The zero-order chi connectivity index (χ0) is 27.9. The Labute approximate surface area is 228 Å². The predicted molar refractivity (Wildman–Crippen MR) is 151 cm³/mol. The molecule has 0 aliphatic heterocycles. The lowest BCUT2D eigenvalue weighted by Gasteiger charge is -2.32. The largest absolute Gasteiger partial charge is 0.497 e. The van der Waals surface area contributed by atoms with Crippen LogP contribution in [-0.2, 0) is 16.1 Å². The summed E-state index contributed by atoms with van der Waals surface area (Å²) in [5.74, 6) is 0.722. The number of ether oxygens (including phenoxy) is 2. The van der Waals surface area contributed by atoms with E-state index in [-0.39, 0.29) is 18.4 Å². The molecular formula is C30H35N5O4. The number of carbonyl (C=O) groups excluding carboxylic acids is 2. The molecule has 0 spiro atoms. The molecule has 0 saturated carbocycles. The number of aromatic nitrogens is 3. The Kier molecular flexibility index (Phi) is 8.81. The number of para-hydroxylation sites is 1. The number of nitrogens with one attached hydrogen (secondary N) is 1. The lowest BCUT2D eigenvalue weighted by atomic mass is 10.0. The van der Waals surface area contributed by atoms with Crippen LogP contribution in [0.15, 0.2) is 66.7 Å². The highest BCUT2D eigenvalue weighted by molar-refractivity contribution is 6.02. The second-order valence-electron chi connectivity index (χ2n) is 9.82. The van der Waals surface area contributed by atoms with Gasteiger partial charge >= 0.3 is 0 Å². The van der Waals surface area contributed by atoms with E-state index in [9.17, 15) is 9.59 Å². The molecule has 1 N–H and O–H groups in total. The van der Waals surface area contributed by atoms with Crippen molar-refractivity contribution < 1.29 is 19.1 Å². The third kappa shape index (κ3) is 6.37. The number of rotatable bonds is 11. The molecule has 9 heteroatoms. The molecule has 0 saturated heterocycles. The number of nitrogens with zero attached hydrogens (tertiary/aromatic N) is 4. The number of benzene rings is 3. The minimum atomic E-state index is -0.971. The lowest BCUT2D eigenvalue weighted by molar-refractivity contribution is -0.127. The topological polar surface area (TPSA) is 98.6 Å². The fraction of sp³-hybridized carbons (Fsp3) is 0.333. The summed E-state index contributed by atoms with van der Waals surface area (Å²) in [5, 5.41) is 11.4. The maximum Gasteiger partial charge on any atom is 0.249 e. The summed E-state index contributed by atoms with van der Waals surface area (Å²) in [4.78, 5) is 29.6. The Morgan fingerprint density at radius 1 is 1.00 bits per heavy atom. The first-order valence-corrected chi connectivity index (χ1v) is 13.0. The number of carbonyl (C=O) groups is 2. The summed E-state index contributed by atoms with van der Waals surface area (Å²) in [6.45, 7) is 6.53. The number of amides is 2. The Morgan fingerprint density at radius 2 is 1.74 bits per heavy atom. The minimum Gasteiger partial charge on any atom is -0.497 e. The van der Waals surface area contributed by atoms with Crippen LogP contribution in [0, 0.1) is 12.8 Å². The van der Waals surface area contributed by atoms with Crippen LogP contribution in [-0.4, -0.2) is 47.6 Å². The average molecular weight is 530 g/mol. The zero-order valence-electron chi connectivity index (χ0n) is 23.0. The summed E-state index contributed by atoms with van der Waals surface area (Å²) >= 11 is 0. The van der Waals surface area contributed by atoms with Crippen molar-refractivity contribution in [2.45, 2.75) is 39.8 Å². The van der Waals surface area contributed by atoms with Crippen molar-refractivity contribution in [3.63, 3.8) is 0 Å². The maximum atomic E-state index is 14.3. The monoisotopic (exact) mass is 529 g/mol. The van der Waals surface area contributed by atoms with Crippen molar-refractivity contribution in [1.29, 1.82) is 0 Å². The normalized spacial score (nSPS) is 11.8. The van der Waals surface area contributed by atoms with Crippen LogP contribution in [0.2, 0.25) is 0 Å². The molecule has 1 heterocycles. The molecule has 3 aromatic carbocycles. The van der Waals surface area contributed by atoms with E-state index in [1.165, 1.54) is 12.0 Å². The van der Waals surface area contributed by atoms with Gasteiger partial charge in [0.1, 0.15) is 29.6 Å². The standard InChI is InChI=1S/C30H35N5O4/c1-20(2)16-17-31-30(37)29(22-12-10-21(3)11-13-22)35(26-18-23(38-4)14-15-27(26)39-5)28(36)19-34-25-9-7-6-8-24(25)32-33-34/h6-15,18,20,29H,16-17,19H2,1-5H3,(H,31,37)/t29-/m1/s1. The molecule has 2 amide bonds. The van der Waals surface area contributed by atoms with Gasteiger partial charge in [0.15, 0.2) is 0 Å². The fourth-order valence-electron chi connectivity index (χ4n) is 4.39. The van der Waals surface area contributed by atoms with Crippen LogP contribution >= 0.6 is 0 Å². The first-order valence-electron chi connectivity index (χ1n) is 13.0. The molecule has 4 aromatic rings. The average Bonchev–Trinajstić information content (AvgIpc) is 3.34. The van der Waals surface area contributed by atoms with E-state index in [2.05, 4.69) is 29.5 Å². The van der Waals surface area contributed by atoms with Gasteiger partial charge in [0.05, 0.1) is 25.4 Å². The van der Waals surface area contributed by atoms with Gasteiger partial charge in [-0.05, 0) is 49.1 Å². The fourth-order valence-corrected chi connectivity index (χ4v) is 4.39. The van der Waals surface area contributed by atoms with E-state index in [1.807, 2.05) is 55.5 Å². The van der Waals surface area contributed by atoms with Gasteiger partial charge in [-0.15, -0.1) is 5.10 Å². The van der Waals surface area contributed by atoms with Crippen molar-refractivity contribution in [3.05, 3.63) is 77.9 Å². The summed E-state index contributed by atoms with van der Waals surface area (Å²) in [6, 6.07) is 19.2. The van der Waals surface area contributed by atoms with E-state index in [0.29, 0.717) is 40.7 Å². The number of aryl methyl sites for hydroxylation is 1. The minimum absolute atomic E-state index is 0.136. The molecule has 0 unspecified atom stereocenters. The molecule has 9 nitrogen and oxygen atoms in total. The van der Waals surface area contributed by atoms with Gasteiger partial charge < -0.3 is 14.8 Å². The highest BCUT2D eigenvalue weighted by atomic mass is 16.5.